The molecule has 0 radical (unpaired) electrons. The third-order valence-corrected chi connectivity index (χ3v) is 3.16. The average Bonchev–Trinajstić information content (AvgIpc) is 3.08. The third kappa shape index (κ3) is 2.63. The Kier molecular flexibility index (Phi) is 3.62. The standard InChI is InChI=1S/C10H10BrClN4/c11-8-6-14-10(12)15-9(8)16(5-1-4-13)7-2-3-7/h6-7H,1-3,5H2. The van der Waals surface area contributed by atoms with Crippen LogP contribution in [-0.2, 0) is 0 Å². The van der Waals surface area contributed by atoms with Gasteiger partial charge < -0.3 is 4.90 Å². The van der Waals surface area contributed by atoms with Crippen LogP contribution in [0.25, 0.3) is 0 Å². The molecule has 4 nitrogen and oxygen atoms in total. The molecule has 1 heterocycles. The van der Waals surface area contributed by atoms with Gasteiger partial charge in [0.25, 0.3) is 0 Å². The second-order valence-electron chi connectivity index (χ2n) is 3.64. The van der Waals surface area contributed by atoms with Crippen molar-refractivity contribution in [3.05, 3.63) is 16.0 Å². The van der Waals surface area contributed by atoms with E-state index in [0.29, 0.717) is 19.0 Å². The smallest absolute Gasteiger partial charge is 0.224 e. The maximum atomic E-state index is 8.64. The molecule has 0 saturated heterocycles. The molecule has 0 N–H and O–H groups in total. The molecule has 0 amide bonds. The minimum Gasteiger partial charge on any atom is -0.352 e. The van der Waals surface area contributed by atoms with Crippen molar-refractivity contribution in [3.8, 4) is 6.07 Å². The van der Waals surface area contributed by atoms with Crippen LogP contribution in [0.5, 0.6) is 0 Å². The number of nitrogens with zero attached hydrogens (tertiary/aromatic N) is 4. The molecule has 6 heteroatoms. The predicted molar refractivity (Wildman–Crippen MR) is 65.3 cm³/mol. The molecular weight excluding hydrogens is 291 g/mol. The summed E-state index contributed by atoms with van der Waals surface area (Å²) in [6, 6.07) is 2.65. The molecule has 0 spiro atoms. The van der Waals surface area contributed by atoms with Crippen LogP contribution in [-0.4, -0.2) is 22.6 Å². The molecule has 0 aromatic carbocycles. The average molecular weight is 302 g/mol. The van der Waals surface area contributed by atoms with Crippen LogP contribution < -0.4 is 4.90 Å². The van der Waals surface area contributed by atoms with E-state index in [4.69, 9.17) is 16.9 Å². The molecule has 1 aromatic rings. The third-order valence-electron chi connectivity index (χ3n) is 2.42. The van der Waals surface area contributed by atoms with Gasteiger partial charge in [-0.1, -0.05) is 0 Å². The lowest BCUT2D eigenvalue weighted by atomic mass is 10.3. The number of hydrogen-bond donors (Lipinski definition) is 0. The molecule has 84 valence electrons. The van der Waals surface area contributed by atoms with E-state index < -0.39 is 0 Å². The highest BCUT2D eigenvalue weighted by molar-refractivity contribution is 9.10. The van der Waals surface area contributed by atoms with Crippen molar-refractivity contribution < 1.29 is 0 Å². The molecule has 1 fully saturated rings. The number of halogens is 2. The van der Waals surface area contributed by atoms with Crippen LogP contribution >= 0.6 is 27.5 Å². The molecule has 1 saturated carbocycles. The Bertz CT molecular complexity index is 427. The van der Waals surface area contributed by atoms with E-state index >= 15 is 0 Å². The van der Waals surface area contributed by atoms with Gasteiger partial charge in [-0.2, -0.15) is 10.2 Å². The second-order valence-corrected chi connectivity index (χ2v) is 4.84. The summed E-state index contributed by atoms with van der Waals surface area (Å²) < 4.78 is 0.821. The number of aromatic nitrogens is 2. The van der Waals surface area contributed by atoms with Gasteiger partial charge in [-0.05, 0) is 40.4 Å². The summed E-state index contributed by atoms with van der Waals surface area (Å²) in [7, 11) is 0. The summed E-state index contributed by atoms with van der Waals surface area (Å²) >= 11 is 9.20. The number of rotatable bonds is 4. The maximum Gasteiger partial charge on any atom is 0.224 e. The van der Waals surface area contributed by atoms with Gasteiger partial charge in [0.2, 0.25) is 5.28 Å². The molecule has 2 rings (SSSR count). The van der Waals surface area contributed by atoms with E-state index in [1.54, 1.807) is 6.20 Å². The monoisotopic (exact) mass is 300 g/mol. The molecular formula is C10H10BrClN4. The minimum absolute atomic E-state index is 0.237. The van der Waals surface area contributed by atoms with Gasteiger partial charge in [0.1, 0.15) is 5.82 Å². The molecule has 0 unspecified atom stereocenters. The van der Waals surface area contributed by atoms with Crippen molar-refractivity contribution in [1.29, 1.82) is 5.26 Å². The topological polar surface area (TPSA) is 52.8 Å². The van der Waals surface area contributed by atoms with Gasteiger partial charge in [-0.3, -0.25) is 0 Å². The van der Waals surface area contributed by atoms with E-state index in [0.717, 1.165) is 23.1 Å². The fourth-order valence-electron chi connectivity index (χ4n) is 1.56. The van der Waals surface area contributed by atoms with Crippen LogP contribution in [0.1, 0.15) is 19.3 Å². The Morgan fingerprint density at radius 3 is 3.00 bits per heavy atom. The molecule has 16 heavy (non-hydrogen) atoms. The van der Waals surface area contributed by atoms with Crippen LogP contribution in [0.4, 0.5) is 5.82 Å². The Balaban J connectivity index is 2.23. The minimum atomic E-state index is 0.237. The van der Waals surface area contributed by atoms with Crippen LogP contribution in [0.15, 0.2) is 10.7 Å². The lowest BCUT2D eigenvalue weighted by Crippen LogP contribution is -2.28. The molecule has 1 aliphatic rings. The van der Waals surface area contributed by atoms with Crippen LogP contribution in [0, 0.1) is 11.3 Å². The normalized spacial score (nSPS) is 14.6. The summed E-state index contributed by atoms with van der Waals surface area (Å²) in [6.45, 7) is 0.688. The number of anilines is 1. The van der Waals surface area contributed by atoms with Crippen molar-refractivity contribution in [2.45, 2.75) is 25.3 Å². The summed E-state index contributed by atoms with van der Waals surface area (Å²) in [5, 5.41) is 8.88. The van der Waals surface area contributed by atoms with Crippen molar-refractivity contribution in [3.63, 3.8) is 0 Å². The van der Waals surface area contributed by atoms with Gasteiger partial charge in [-0.25, -0.2) is 4.98 Å². The van der Waals surface area contributed by atoms with Gasteiger partial charge in [0, 0.05) is 18.8 Å². The fraction of sp³-hybridized carbons (Fsp3) is 0.500. The van der Waals surface area contributed by atoms with Crippen molar-refractivity contribution in [2.75, 3.05) is 11.4 Å². The van der Waals surface area contributed by atoms with E-state index in [2.05, 4.69) is 36.9 Å². The highest BCUT2D eigenvalue weighted by Gasteiger charge is 2.31. The second kappa shape index (κ2) is 4.98. The molecule has 1 aromatic heterocycles. The first-order chi connectivity index (χ1) is 7.72. The first kappa shape index (κ1) is 11.6. The largest absolute Gasteiger partial charge is 0.352 e. The fourth-order valence-corrected chi connectivity index (χ4v) is 2.10. The predicted octanol–water partition coefficient (Wildman–Crippen LogP) is 2.77. The number of nitriles is 1. The van der Waals surface area contributed by atoms with E-state index in [1.165, 1.54) is 0 Å². The Morgan fingerprint density at radius 2 is 2.38 bits per heavy atom. The highest BCUT2D eigenvalue weighted by Crippen LogP contribution is 2.34. The summed E-state index contributed by atoms with van der Waals surface area (Å²) in [5.74, 6) is 0.790. The van der Waals surface area contributed by atoms with Crippen LogP contribution in [0.2, 0.25) is 5.28 Å². The Morgan fingerprint density at radius 1 is 1.62 bits per heavy atom. The van der Waals surface area contributed by atoms with Crippen molar-refractivity contribution >= 4 is 33.3 Å². The van der Waals surface area contributed by atoms with Crippen molar-refractivity contribution in [2.24, 2.45) is 0 Å². The summed E-state index contributed by atoms with van der Waals surface area (Å²) in [4.78, 5) is 10.2. The SMILES string of the molecule is N#CCCN(c1nc(Cl)ncc1Br)C1CC1. The van der Waals surface area contributed by atoms with Gasteiger partial charge in [0.15, 0.2) is 0 Å². The first-order valence-corrected chi connectivity index (χ1v) is 6.21. The van der Waals surface area contributed by atoms with E-state index in [9.17, 15) is 0 Å². The molecule has 1 aliphatic carbocycles. The zero-order valence-electron chi connectivity index (χ0n) is 8.53. The Labute approximate surface area is 107 Å². The van der Waals surface area contributed by atoms with Crippen molar-refractivity contribution in [1.82, 2.24) is 9.97 Å². The molecule has 0 atom stereocenters. The van der Waals surface area contributed by atoms with E-state index in [-0.39, 0.29) is 5.28 Å². The lowest BCUT2D eigenvalue weighted by Gasteiger charge is -2.23. The lowest BCUT2D eigenvalue weighted by molar-refractivity contribution is 0.772. The number of hydrogen-bond acceptors (Lipinski definition) is 4. The zero-order chi connectivity index (χ0) is 11.5. The zero-order valence-corrected chi connectivity index (χ0v) is 10.9. The molecule has 0 bridgehead atoms. The van der Waals surface area contributed by atoms with Gasteiger partial charge >= 0.3 is 0 Å². The maximum absolute atomic E-state index is 8.64. The molecule has 0 aliphatic heterocycles. The quantitative estimate of drug-likeness (QED) is 0.803. The van der Waals surface area contributed by atoms with Gasteiger partial charge in [-0.15, -0.1) is 0 Å². The summed E-state index contributed by atoms with van der Waals surface area (Å²) in [5.41, 5.74) is 0. The van der Waals surface area contributed by atoms with Crippen LogP contribution in [0.3, 0.4) is 0 Å². The van der Waals surface area contributed by atoms with E-state index in [1.807, 2.05) is 0 Å². The van der Waals surface area contributed by atoms with Gasteiger partial charge in [0.05, 0.1) is 17.0 Å². The highest BCUT2D eigenvalue weighted by atomic mass is 79.9. The summed E-state index contributed by atoms with van der Waals surface area (Å²) in [6.07, 6.45) is 4.44. The first-order valence-electron chi connectivity index (χ1n) is 5.04. The Hall–Kier alpha value is -0.860.